The van der Waals surface area contributed by atoms with E-state index in [0.29, 0.717) is 10.6 Å². The van der Waals surface area contributed by atoms with Crippen LogP contribution in [-0.4, -0.2) is 19.3 Å². The minimum Gasteiger partial charge on any atom is -0.331 e. The van der Waals surface area contributed by atoms with E-state index in [9.17, 15) is 0 Å². The lowest BCUT2D eigenvalue weighted by molar-refractivity contribution is 0.431. The zero-order chi connectivity index (χ0) is 16.4. The van der Waals surface area contributed by atoms with Crippen molar-refractivity contribution in [3.63, 3.8) is 0 Å². The average molecular weight is 326 g/mol. The van der Waals surface area contributed by atoms with E-state index in [-0.39, 0.29) is 6.04 Å². The summed E-state index contributed by atoms with van der Waals surface area (Å²) in [5, 5.41) is 14.0. The number of imidazole rings is 1. The summed E-state index contributed by atoms with van der Waals surface area (Å²) in [6, 6.07) is 9.62. The predicted molar refractivity (Wildman–Crippen MR) is 89.1 cm³/mol. The summed E-state index contributed by atoms with van der Waals surface area (Å²) >= 11 is 6.09. The second kappa shape index (κ2) is 6.27. The van der Waals surface area contributed by atoms with Crippen molar-refractivity contribution in [3.05, 3.63) is 59.3 Å². The molecule has 0 aliphatic rings. The number of nitriles is 1. The van der Waals surface area contributed by atoms with E-state index in [1.807, 2.05) is 36.1 Å². The van der Waals surface area contributed by atoms with Gasteiger partial charge in [-0.25, -0.2) is 4.98 Å². The Kier molecular flexibility index (Phi) is 4.18. The van der Waals surface area contributed by atoms with Crippen LogP contribution in [0.4, 0.5) is 0 Å². The fourth-order valence-electron chi connectivity index (χ4n) is 2.59. The van der Waals surface area contributed by atoms with Gasteiger partial charge in [0.05, 0.1) is 28.9 Å². The molecule has 3 aromatic rings. The SMILES string of the molecule is Cc1nccn1[C@@H](C)Cn1ccc(-c2ccc(C#N)c(Cl)c2)n1. The van der Waals surface area contributed by atoms with E-state index in [0.717, 1.165) is 23.6 Å². The van der Waals surface area contributed by atoms with Crippen molar-refractivity contribution in [1.29, 1.82) is 5.26 Å². The molecule has 3 rings (SSSR count). The fraction of sp³-hybridized carbons (Fsp3) is 0.235. The van der Waals surface area contributed by atoms with E-state index in [4.69, 9.17) is 16.9 Å². The van der Waals surface area contributed by atoms with Crippen LogP contribution >= 0.6 is 11.6 Å². The molecule has 5 nitrogen and oxygen atoms in total. The summed E-state index contributed by atoms with van der Waals surface area (Å²) < 4.78 is 4.03. The summed E-state index contributed by atoms with van der Waals surface area (Å²) in [6.07, 6.45) is 5.73. The smallest absolute Gasteiger partial charge is 0.105 e. The third kappa shape index (κ3) is 3.13. The van der Waals surface area contributed by atoms with Gasteiger partial charge in [0.25, 0.3) is 0 Å². The van der Waals surface area contributed by atoms with Crippen LogP contribution < -0.4 is 0 Å². The Balaban J connectivity index is 1.80. The van der Waals surface area contributed by atoms with Crippen molar-refractivity contribution < 1.29 is 0 Å². The third-order valence-electron chi connectivity index (χ3n) is 3.81. The van der Waals surface area contributed by atoms with Crippen LogP contribution in [0.25, 0.3) is 11.3 Å². The van der Waals surface area contributed by atoms with Crippen molar-refractivity contribution in [1.82, 2.24) is 19.3 Å². The minimum absolute atomic E-state index is 0.259. The molecule has 1 atom stereocenters. The highest BCUT2D eigenvalue weighted by Gasteiger charge is 2.10. The van der Waals surface area contributed by atoms with Crippen molar-refractivity contribution in [2.45, 2.75) is 26.4 Å². The van der Waals surface area contributed by atoms with Crippen LogP contribution in [0.3, 0.4) is 0 Å². The number of benzene rings is 1. The number of aromatic nitrogens is 4. The van der Waals surface area contributed by atoms with Crippen molar-refractivity contribution in [3.8, 4) is 17.3 Å². The van der Waals surface area contributed by atoms with E-state index in [1.165, 1.54) is 0 Å². The highest BCUT2D eigenvalue weighted by Crippen LogP contribution is 2.24. The van der Waals surface area contributed by atoms with Gasteiger partial charge in [-0.2, -0.15) is 10.4 Å². The summed E-state index contributed by atoms with van der Waals surface area (Å²) in [7, 11) is 0. The number of aryl methyl sites for hydroxylation is 1. The van der Waals surface area contributed by atoms with Gasteiger partial charge in [-0.05, 0) is 32.0 Å². The molecule has 0 radical (unpaired) electrons. The number of halogens is 1. The van der Waals surface area contributed by atoms with Crippen molar-refractivity contribution in [2.24, 2.45) is 0 Å². The first-order chi connectivity index (χ1) is 11.1. The van der Waals surface area contributed by atoms with Crippen LogP contribution in [0.1, 0.15) is 24.4 Å². The van der Waals surface area contributed by atoms with Gasteiger partial charge in [0.1, 0.15) is 11.9 Å². The molecular weight excluding hydrogens is 310 g/mol. The maximum atomic E-state index is 8.93. The summed E-state index contributed by atoms with van der Waals surface area (Å²) in [5.41, 5.74) is 2.21. The molecule has 0 N–H and O–H groups in total. The Morgan fingerprint density at radius 2 is 2.13 bits per heavy atom. The lowest BCUT2D eigenvalue weighted by Crippen LogP contribution is -2.14. The molecule has 0 aliphatic carbocycles. The lowest BCUT2D eigenvalue weighted by Gasteiger charge is -2.15. The number of hydrogen-bond donors (Lipinski definition) is 0. The normalized spacial score (nSPS) is 12.1. The van der Waals surface area contributed by atoms with E-state index >= 15 is 0 Å². The van der Waals surface area contributed by atoms with Crippen LogP contribution in [0.2, 0.25) is 5.02 Å². The minimum atomic E-state index is 0.259. The Bertz CT molecular complexity index is 871. The molecule has 0 saturated heterocycles. The average Bonchev–Trinajstić information content (AvgIpc) is 3.16. The zero-order valence-electron chi connectivity index (χ0n) is 12.9. The molecule has 0 saturated carbocycles. The van der Waals surface area contributed by atoms with Gasteiger partial charge in [-0.3, -0.25) is 4.68 Å². The first-order valence-corrected chi connectivity index (χ1v) is 7.69. The first kappa shape index (κ1) is 15.3. The molecular formula is C17H16ClN5. The van der Waals surface area contributed by atoms with Crippen LogP contribution in [0.5, 0.6) is 0 Å². The molecule has 0 amide bonds. The second-order valence-electron chi connectivity index (χ2n) is 5.46. The topological polar surface area (TPSA) is 59.4 Å². The molecule has 116 valence electrons. The molecule has 0 fully saturated rings. The highest BCUT2D eigenvalue weighted by molar-refractivity contribution is 6.32. The molecule has 23 heavy (non-hydrogen) atoms. The largest absolute Gasteiger partial charge is 0.331 e. The standard InChI is InChI=1S/C17H16ClN5/c1-12(23-8-6-20-13(23)2)11-22-7-5-17(21-22)14-3-4-15(10-19)16(18)9-14/h3-9,12H,11H2,1-2H3/t12-/m0/s1. The highest BCUT2D eigenvalue weighted by atomic mass is 35.5. The molecule has 0 spiro atoms. The van der Waals surface area contributed by atoms with Gasteiger partial charge in [-0.15, -0.1) is 0 Å². The van der Waals surface area contributed by atoms with Gasteiger partial charge >= 0.3 is 0 Å². The van der Waals surface area contributed by atoms with E-state index < -0.39 is 0 Å². The van der Waals surface area contributed by atoms with Crippen molar-refractivity contribution in [2.75, 3.05) is 0 Å². The quantitative estimate of drug-likeness (QED) is 0.732. The van der Waals surface area contributed by atoms with Gasteiger partial charge in [-0.1, -0.05) is 17.7 Å². The first-order valence-electron chi connectivity index (χ1n) is 7.31. The van der Waals surface area contributed by atoms with Crippen LogP contribution in [-0.2, 0) is 6.54 Å². The summed E-state index contributed by atoms with van der Waals surface area (Å²) in [5.74, 6) is 0.990. The molecule has 6 heteroatoms. The molecule has 2 aromatic heterocycles. The summed E-state index contributed by atoms with van der Waals surface area (Å²) in [6.45, 7) is 4.87. The number of hydrogen-bond acceptors (Lipinski definition) is 3. The number of rotatable bonds is 4. The van der Waals surface area contributed by atoms with Crippen molar-refractivity contribution >= 4 is 11.6 Å². The Hall–Kier alpha value is -2.58. The summed E-state index contributed by atoms with van der Waals surface area (Å²) in [4.78, 5) is 4.25. The van der Waals surface area contributed by atoms with Gasteiger partial charge in [0, 0.05) is 24.2 Å². The fourth-order valence-corrected chi connectivity index (χ4v) is 2.82. The van der Waals surface area contributed by atoms with E-state index in [1.54, 1.807) is 18.3 Å². The second-order valence-corrected chi connectivity index (χ2v) is 5.87. The molecule has 0 unspecified atom stereocenters. The molecule has 1 aromatic carbocycles. The maximum Gasteiger partial charge on any atom is 0.105 e. The van der Waals surface area contributed by atoms with Crippen LogP contribution in [0.15, 0.2) is 42.9 Å². The number of nitrogens with zero attached hydrogens (tertiary/aromatic N) is 5. The molecule has 0 aliphatic heterocycles. The molecule has 2 heterocycles. The van der Waals surface area contributed by atoms with Gasteiger partial charge in [0.2, 0.25) is 0 Å². The third-order valence-corrected chi connectivity index (χ3v) is 4.13. The Labute approximate surface area is 139 Å². The Morgan fingerprint density at radius 1 is 1.30 bits per heavy atom. The van der Waals surface area contributed by atoms with Gasteiger partial charge < -0.3 is 4.57 Å². The molecule has 0 bridgehead atoms. The monoisotopic (exact) mass is 325 g/mol. The van der Waals surface area contributed by atoms with Crippen LogP contribution in [0, 0.1) is 18.3 Å². The lowest BCUT2D eigenvalue weighted by atomic mass is 10.1. The van der Waals surface area contributed by atoms with Gasteiger partial charge in [0.15, 0.2) is 0 Å². The Morgan fingerprint density at radius 3 is 2.78 bits per heavy atom. The predicted octanol–water partition coefficient (Wildman–Crippen LogP) is 3.84. The maximum absolute atomic E-state index is 8.93. The van der Waals surface area contributed by atoms with E-state index in [2.05, 4.69) is 27.6 Å². The zero-order valence-corrected chi connectivity index (χ0v) is 13.7.